The van der Waals surface area contributed by atoms with E-state index in [1.807, 2.05) is 25.1 Å². The molecule has 31 heavy (non-hydrogen) atoms. The molecule has 0 aliphatic carbocycles. The maximum atomic E-state index is 13.5. The lowest BCUT2D eigenvalue weighted by Gasteiger charge is -2.29. The van der Waals surface area contributed by atoms with Crippen molar-refractivity contribution in [1.29, 1.82) is 0 Å². The quantitative estimate of drug-likeness (QED) is 0.578. The molecule has 0 radical (unpaired) electrons. The van der Waals surface area contributed by atoms with Gasteiger partial charge in [0.2, 0.25) is 0 Å². The maximum absolute atomic E-state index is 13.5. The van der Waals surface area contributed by atoms with Crippen LogP contribution >= 0.6 is 0 Å². The second-order valence-electron chi connectivity index (χ2n) is 9.18. The van der Waals surface area contributed by atoms with Crippen molar-refractivity contribution in [3.8, 4) is 0 Å². The summed E-state index contributed by atoms with van der Waals surface area (Å²) in [6.45, 7) is 9.34. The van der Waals surface area contributed by atoms with Crippen LogP contribution in [0.1, 0.15) is 58.3 Å². The Labute approximate surface area is 184 Å². The van der Waals surface area contributed by atoms with Gasteiger partial charge in [0.25, 0.3) is 10.1 Å². The van der Waals surface area contributed by atoms with Crippen molar-refractivity contribution in [3.63, 3.8) is 0 Å². The van der Waals surface area contributed by atoms with E-state index in [2.05, 4.69) is 0 Å². The first kappa shape index (κ1) is 23.1. The van der Waals surface area contributed by atoms with E-state index in [0.717, 1.165) is 0 Å². The van der Waals surface area contributed by atoms with Gasteiger partial charge >= 0.3 is 0 Å². The van der Waals surface area contributed by atoms with Crippen LogP contribution in [-0.4, -0.2) is 57.3 Å². The number of ether oxygens (including phenoxy) is 5. The maximum Gasteiger partial charge on any atom is 0.274 e. The van der Waals surface area contributed by atoms with Crippen molar-refractivity contribution in [2.24, 2.45) is 0 Å². The molecule has 1 unspecified atom stereocenters. The van der Waals surface area contributed by atoms with Gasteiger partial charge in [0.05, 0.1) is 6.61 Å². The molecule has 8 nitrogen and oxygen atoms in total. The van der Waals surface area contributed by atoms with Gasteiger partial charge < -0.3 is 23.7 Å². The minimum atomic E-state index is -4.00. The van der Waals surface area contributed by atoms with Gasteiger partial charge in [0.15, 0.2) is 17.9 Å². The first-order valence-corrected chi connectivity index (χ1v) is 12.3. The Hall–Kier alpha value is -1.07. The number of benzene rings is 1. The Morgan fingerprint density at radius 3 is 2.35 bits per heavy atom. The lowest BCUT2D eigenvalue weighted by atomic mass is 10.1. The molecule has 3 saturated heterocycles. The van der Waals surface area contributed by atoms with E-state index in [4.69, 9.17) is 27.9 Å². The molecule has 9 heteroatoms. The first-order valence-electron chi connectivity index (χ1n) is 10.8. The summed E-state index contributed by atoms with van der Waals surface area (Å²) >= 11 is 0. The van der Waals surface area contributed by atoms with E-state index < -0.39 is 57.6 Å². The summed E-state index contributed by atoms with van der Waals surface area (Å²) in [6, 6.07) is 9.12. The van der Waals surface area contributed by atoms with Crippen LogP contribution in [0.25, 0.3) is 0 Å². The first-order chi connectivity index (χ1) is 14.5. The fourth-order valence-electron chi connectivity index (χ4n) is 4.42. The zero-order valence-electron chi connectivity index (χ0n) is 18.6. The molecular weight excluding hydrogens is 424 g/mol. The van der Waals surface area contributed by atoms with Gasteiger partial charge in [0.1, 0.15) is 29.7 Å². The smallest absolute Gasteiger partial charge is 0.274 e. The third kappa shape index (κ3) is 4.83. The second-order valence-corrected chi connectivity index (χ2v) is 10.9. The summed E-state index contributed by atoms with van der Waals surface area (Å²) in [5.74, 6) is -1.69. The van der Waals surface area contributed by atoms with Gasteiger partial charge in [-0.2, -0.15) is 8.42 Å². The molecule has 3 fully saturated rings. The molecule has 0 aromatic heterocycles. The topological polar surface area (TPSA) is 89.5 Å². The lowest BCUT2D eigenvalue weighted by molar-refractivity contribution is -0.230. The Bertz CT molecular complexity index is 869. The molecule has 0 spiro atoms. The molecular formula is C22H32O8S. The second kappa shape index (κ2) is 8.37. The van der Waals surface area contributed by atoms with Crippen LogP contribution < -0.4 is 0 Å². The molecule has 4 rings (SSSR count). The van der Waals surface area contributed by atoms with E-state index in [-0.39, 0.29) is 6.61 Å². The van der Waals surface area contributed by atoms with E-state index in [1.54, 1.807) is 39.8 Å². The summed E-state index contributed by atoms with van der Waals surface area (Å²) < 4.78 is 62.3. The van der Waals surface area contributed by atoms with Crippen LogP contribution in [0.15, 0.2) is 30.3 Å². The van der Waals surface area contributed by atoms with Crippen molar-refractivity contribution >= 4 is 10.1 Å². The predicted molar refractivity (Wildman–Crippen MR) is 111 cm³/mol. The summed E-state index contributed by atoms with van der Waals surface area (Å²) in [5, 5.41) is -0.786. The number of rotatable bonds is 7. The summed E-state index contributed by atoms with van der Waals surface area (Å²) in [4.78, 5) is 0. The molecule has 0 saturated carbocycles. The Morgan fingerprint density at radius 2 is 1.74 bits per heavy atom. The minimum Gasteiger partial charge on any atom is -0.348 e. The van der Waals surface area contributed by atoms with E-state index >= 15 is 0 Å². The van der Waals surface area contributed by atoms with E-state index in [1.165, 1.54) is 0 Å². The third-order valence-corrected chi connectivity index (χ3v) is 7.43. The molecule has 3 aliphatic heterocycles. The SMILES string of the molecule is CCCC(c1ccccc1)S(=O)(=O)O[C@@H]1[C@H]2OC(C)(C)O[C@H]2O[C@@H]1[C@H]1COC(C)(C)O1. The molecule has 3 heterocycles. The lowest BCUT2D eigenvalue weighted by Crippen LogP contribution is -2.45. The average Bonchev–Trinajstić information content (AvgIpc) is 3.30. The van der Waals surface area contributed by atoms with Crippen LogP contribution in [0.5, 0.6) is 0 Å². The Morgan fingerprint density at radius 1 is 1.03 bits per heavy atom. The summed E-state index contributed by atoms with van der Waals surface area (Å²) in [6.07, 6.45) is -2.42. The van der Waals surface area contributed by atoms with Crippen LogP contribution in [0.2, 0.25) is 0 Å². The Balaban J connectivity index is 1.61. The van der Waals surface area contributed by atoms with Crippen molar-refractivity contribution in [2.75, 3.05) is 6.61 Å². The summed E-state index contributed by atoms with van der Waals surface area (Å²) in [5.41, 5.74) is 0.696. The van der Waals surface area contributed by atoms with Crippen molar-refractivity contribution in [2.45, 2.75) is 95.0 Å². The van der Waals surface area contributed by atoms with Crippen LogP contribution in [0.4, 0.5) is 0 Å². The van der Waals surface area contributed by atoms with Gasteiger partial charge in [-0.1, -0.05) is 43.7 Å². The molecule has 0 bridgehead atoms. The van der Waals surface area contributed by atoms with Crippen LogP contribution in [-0.2, 0) is 38.0 Å². The van der Waals surface area contributed by atoms with Gasteiger partial charge in [-0.3, -0.25) is 4.18 Å². The molecule has 1 aromatic carbocycles. The zero-order chi connectivity index (χ0) is 22.4. The van der Waals surface area contributed by atoms with Crippen molar-refractivity contribution < 1.29 is 36.3 Å². The van der Waals surface area contributed by atoms with Gasteiger partial charge in [-0.15, -0.1) is 0 Å². The highest BCUT2D eigenvalue weighted by molar-refractivity contribution is 7.87. The fraction of sp³-hybridized carbons (Fsp3) is 0.727. The summed E-state index contributed by atoms with van der Waals surface area (Å²) in [7, 11) is -4.00. The molecule has 6 atom stereocenters. The van der Waals surface area contributed by atoms with E-state index in [0.29, 0.717) is 18.4 Å². The number of hydrogen-bond donors (Lipinski definition) is 0. The Kier molecular flexibility index (Phi) is 6.24. The normalized spacial score (nSPS) is 35.2. The highest BCUT2D eigenvalue weighted by Gasteiger charge is 2.60. The largest absolute Gasteiger partial charge is 0.348 e. The highest BCUT2D eigenvalue weighted by atomic mass is 32.2. The van der Waals surface area contributed by atoms with Gasteiger partial charge in [0, 0.05) is 0 Å². The number of fused-ring (bicyclic) bond motifs is 1. The van der Waals surface area contributed by atoms with Crippen LogP contribution in [0.3, 0.4) is 0 Å². The highest BCUT2D eigenvalue weighted by Crippen LogP contribution is 2.43. The molecule has 0 N–H and O–H groups in total. The molecule has 174 valence electrons. The predicted octanol–water partition coefficient (Wildman–Crippen LogP) is 3.27. The monoisotopic (exact) mass is 456 g/mol. The van der Waals surface area contributed by atoms with Gasteiger partial charge in [-0.25, -0.2) is 0 Å². The zero-order valence-corrected chi connectivity index (χ0v) is 19.5. The number of hydrogen-bond acceptors (Lipinski definition) is 8. The molecule has 1 aromatic rings. The average molecular weight is 457 g/mol. The van der Waals surface area contributed by atoms with E-state index in [9.17, 15) is 8.42 Å². The van der Waals surface area contributed by atoms with Crippen molar-refractivity contribution in [3.05, 3.63) is 35.9 Å². The molecule has 0 amide bonds. The molecule has 3 aliphatic rings. The standard InChI is InChI=1S/C22H32O8S/c1-6-10-16(14-11-8-7-9-12-14)31(23,24)30-18-17(15-13-25-21(2,3)27-15)26-20-19(18)28-22(4,5)29-20/h7-9,11-12,15-20H,6,10,13H2,1-5H3/t15-,16?,17-,18+,19-,20-/m1/s1. The minimum absolute atomic E-state index is 0.261. The fourth-order valence-corrected chi connectivity index (χ4v) is 6.10. The third-order valence-electron chi connectivity index (χ3n) is 5.74. The van der Waals surface area contributed by atoms with Crippen LogP contribution in [0, 0.1) is 0 Å². The van der Waals surface area contributed by atoms with Gasteiger partial charge in [-0.05, 0) is 39.7 Å². The van der Waals surface area contributed by atoms with Crippen molar-refractivity contribution in [1.82, 2.24) is 0 Å².